The van der Waals surface area contributed by atoms with E-state index in [1.165, 1.54) is 0 Å². The molecule has 0 bridgehead atoms. The normalized spacial score (nSPS) is 32.1. The van der Waals surface area contributed by atoms with E-state index in [0.717, 1.165) is 12.8 Å². The van der Waals surface area contributed by atoms with Gasteiger partial charge in [0.2, 0.25) is 0 Å². The van der Waals surface area contributed by atoms with Gasteiger partial charge in [-0.3, -0.25) is 4.90 Å². The van der Waals surface area contributed by atoms with Crippen LogP contribution in [0.4, 0.5) is 13.2 Å². The van der Waals surface area contributed by atoms with Crippen LogP contribution in [0.5, 0.6) is 0 Å². The van der Waals surface area contributed by atoms with Crippen molar-refractivity contribution in [1.82, 2.24) is 4.90 Å². The van der Waals surface area contributed by atoms with Gasteiger partial charge in [-0.1, -0.05) is 0 Å². The molecule has 2 aliphatic rings. The molecule has 0 aromatic rings. The van der Waals surface area contributed by atoms with Gasteiger partial charge in [0.25, 0.3) is 0 Å². The molecule has 0 aromatic heterocycles. The molecule has 1 N–H and O–H groups in total. The van der Waals surface area contributed by atoms with Gasteiger partial charge in [-0.15, -0.1) is 0 Å². The number of nitrogens with zero attached hydrogens (tertiary/aromatic N) is 1. The van der Waals surface area contributed by atoms with Crippen molar-refractivity contribution in [3.05, 3.63) is 0 Å². The third kappa shape index (κ3) is 3.35. The minimum atomic E-state index is -4.10. The zero-order valence-electron chi connectivity index (χ0n) is 9.21. The molecule has 0 saturated heterocycles. The highest BCUT2D eigenvalue weighted by molar-refractivity contribution is 4.91. The third-order valence-corrected chi connectivity index (χ3v) is 3.51. The van der Waals surface area contributed by atoms with Crippen molar-refractivity contribution >= 4 is 0 Å². The lowest BCUT2D eigenvalue weighted by atomic mass is 9.92. The number of aliphatic hydroxyl groups excluding tert-OH is 1. The molecule has 0 atom stereocenters. The first-order valence-electron chi connectivity index (χ1n) is 5.96. The molecule has 2 saturated carbocycles. The molecule has 0 radical (unpaired) electrons. The van der Waals surface area contributed by atoms with Gasteiger partial charge < -0.3 is 5.11 Å². The van der Waals surface area contributed by atoms with Crippen LogP contribution in [0.2, 0.25) is 0 Å². The summed E-state index contributed by atoms with van der Waals surface area (Å²) in [4.78, 5) is 1.62. The standard InChI is InChI=1S/C11H18F3NO/c12-11(13,14)7-15(8-1-2-8)9-3-5-10(16)6-4-9/h8-10,16H,1-7H2. The van der Waals surface area contributed by atoms with Crippen molar-refractivity contribution in [2.75, 3.05) is 6.54 Å². The number of hydrogen-bond acceptors (Lipinski definition) is 2. The van der Waals surface area contributed by atoms with Crippen molar-refractivity contribution < 1.29 is 18.3 Å². The Hall–Kier alpha value is -0.290. The Morgan fingerprint density at radius 2 is 1.38 bits per heavy atom. The van der Waals surface area contributed by atoms with Crippen molar-refractivity contribution in [2.24, 2.45) is 0 Å². The SMILES string of the molecule is OC1CCC(N(CC(F)(F)F)C2CC2)CC1. The second kappa shape index (κ2) is 4.53. The van der Waals surface area contributed by atoms with Crippen LogP contribution in [0.3, 0.4) is 0 Å². The van der Waals surface area contributed by atoms with Crippen LogP contribution in [0, 0.1) is 0 Å². The molecule has 5 heteroatoms. The summed E-state index contributed by atoms with van der Waals surface area (Å²) in [6.07, 6.45) is 0.0882. The van der Waals surface area contributed by atoms with Gasteiger partial charge in [0.05, 0.1) is 12.6 Å². The second-order valence-electron chi connectivity index (χ2n) is 4.98. The van der Waals surface area contributed by atoms with Crippen LogP contribution >= 0.6 is 0 Å². The summed E-state index contributed by atoms with van der Waals surface area (Å²) >= 11 is 0. The van der Waals surface area contributed by atoms with E-state index in [1.54, 1.807) is 4.90 Å². The van der Waals surface area contributed by atoms with Gasteiger partial charge in [0, 0.05) is 12.1 Å². The fourth-order valence-electron chi connectivity index (χ4n) is 2.56. The first-order valence-corrected chi connectivity index (χ1v) is 5.96. The molecule has 0 unspecified atom stereocenters. The van der Waals surface area contributed by atoms with Crippen molar-refractivity contribution in [2.45, 2.75) is 62.9 Å². The smallest absolute Gasteiger partial charge is 0.393 e. The minimum Gasteiger partial charge on any atom is -0.393 e. The number of halogens is 3. The molecule has 2 rings (SSSR count). The van der Waals surface area contributed by atoms with Crippen molar-refractivity contribution in [3.8, 4) is 0 Å². The Balaban J connectivity index is 1.91. The molecule has 0 heterocycles. The van der Waals surface area contributed by atoms with Gasteiger partial charge >= 0.3 is 6.18 Å². The summed E-state index contributed by atoms with van der Waals surface area (Å²) in [5.41, 5.74) is 0. The fraction of sp³-hybridized carbons (Fsp3) is 1.00. The maximum atomic E-state index is 12.4. The highest BCUT2D eigenvalue weighted by atomic mass is 19.4. The molecular weight excluding hydrogens is 219 g/mol. The molecule has 16 heavy (non-hydrogen) atoms. The van der Waals surface area contributed by atoms with Crippen molar-refractivity contribution in [3.63, 3.8) is 0 Å². The molecule has 2 nitrogen and oxygen atoms in total. The lowest BCUT2D eigenvalue weighted by molar-refractivity contribution is -0.154. The summed E-state index contributed by atoms with van der Waals surface area (Å²) in [6, 6.07) is 0.166. The Kier molecular flexibility index (Phi) is 3.45. The predicted octanol–water partition coefficient (Wildman–Crippen LogP) is 2.32. The zero-order chi connectivity index (χ0) is 11.8. The van der Waals surface area contributed by atoms with Crippen LogP contribution in [-0.2, 0) is 0 Å². The maximum Gasteiger partial charge on any atom is 0.401 e. The van der Waals surface area contributed by atoms with Crippen LogP contribution in [0.25, 0.3) is 0 Å². The van der Waals surface area contributed by atoms with Crippen molar-refractivity contribution in [1.29, 1.82) is 0 Å². The number of alkyl halides is 3. The van der Waals surface area contributed by atoms with E-state index in [1.807, 2.05) is 0 Å². The van der Waals surface area contributed by atoms with E-state index in [-0.39, 0.29) is 18.2 Å². The zero-order valence-corrected chi connectivity index (χ0v) is 9.21. The lowest BCUT2D eigenvalue weighted by Gasteiger charge is -2.36. The maximum absolute atomic E-state index is 12.4. The van der Waals surface area contributed by atoms with Crippen LogP contribution in [0.15, 0.2) is 0 Å². The average Bonchev–Trinajstić information content (AvgIpc) is 2.97. The predicted molar refractivity (Wildman–Crippen MR) is 54.0 cm³/mol. The summed E-state index contributed by atoms with van der Waals surface area (Å²) in [7, 11) is 0. The molecule has 0 aromatic carbocycles. The molecule has 0 aliphatic heterocycles. The highest BCUT2D eigenvalue weighted by Crippen LogP contribution is 2.35. The van der Waals surface area contributed by atoms with Gasteiger partial charge in [-0.2, -0.15) is 13.2 Å². The number of aliphatic hydroxyl groups is 1. The molecule has 2 fully saturated rings. The monoisotopic (exact) mass is 237 g/mol. The first-order chi connectivity index (χ1) is 7.46. The van der Waals surface area contributed by atoms with E-state index >= 15 is 0 Å². The van der Waals surface area contributed by atoms with Gasteiger partial charge in [-0.25, -0.2) is 0 Å². The van der Waals surface area contributed by atoms with E-state index in [4.69, 9.17) is 0 Å². The highest BCUT2D eigenvalue weighted by Gasteiger charge is 2.41. The Morgan fingerprint density at radius 3 is 1.75 bits per heavy atom. The summed E-state index contributed by atoms with van der Waals surface area (Å²) < 4.78 is 37.3. The van der Waals surface area contributed by atoms with E-state index in [2.05, 4.69) is 0 Å². The second-order valence-corrected chi connectivity index (χ2v) is 4.98. The van der Waals surface area contributed by atoms with Crippen LogP contribution in [0.1, 0.15) is 38.5 Å². The van der Waals surface area contributed by atoms with E-state index in [0.29, 0.717) is 25.7 Å². The largest absolute Gasteiger partial charge is 0.401 e. The average molecular weight is 237 g/mol. The lowest BCUT2D eigenvalue weighted by Crippen LogP contribution is -2.45. The third-order valence-electron chi connectivity index (χ3n) is 3.51. The fourth-order valence-corrected chi connectivity index (χ4v) is 2.56. The number of hydrogen-bond donors (Lipinski definition) is 1. The molecule has 0 spiro atoms. The van der Waals surface area contributed by atoms with Crippen LogP contribution < -0.4 is 0 Å². The summed E-state index contributed by atoms with van der Waals surface area (Å²) in [5.74, 6) is 0. The van der Waals surface area contributed by atoms with E-state index in [9.17, 15) is 18.3 Å². The Bertz CT molecular complexity index is 232. The quantitative estimate of drug-likeness (QED) is 0.814. The van der Waals surface area contributed by atoms with Crippen LogP contribution in [-0.4, -0.2) is 40.9 Å². The molecule has 94 valence electrons. The van der Waals surface area contributed by atoms with E-state index < -0.39 is 12.7 Å². The Morgan fingerprint density at radius 1 is 0.938 bits per heavy atom. The Labute approximate surface area is 93.4 Å². The van der Waals surface area contributed by atoms with Gasteiger partial charge in [-0.05, 0) is 38.5 Å². The number of rotatable bonds is 3. The van der Waals surface area contributed by atoms with Gasteiger partial charge in [0.1, 0.15) is 0 Å². The minimum absolute atomic E-state index is 0.0255. The topological polar surface area (TPSA) is 23.5 Å². The van der Waals surface area contributed by atoms with Gasteiger partial charge in [0.15, 0.2) is 0 Å². The summed E-state index contributed by atoms with van der Waals surface area (Å²) in [5, 5.41) is 9.35. The molecule has 2 aliphatic carbocycles. The first kappa shape index (κ1) is 12.2. The molecular formula is C11H18F3NO. The molecule has 0 amide bonds. The summed E-state index contributed by atoms with van der Waals surface area (Å²) in [6.45, 7) is -0.779.